The minimum atomic E-state index is -0.400. The van der Waals surface area contributed by atoms with Gasteiger partial charge in [-0.05, 0) is 38.4 Å². The van der Waals surface area contributed by atoms with E-state index in [2.05, 4.69) is 17.1 Å². The average Bonchev–Trinajstić information content (AvgIpc) is 2.95. The predicted molar refractivity (Wildman–Crippen MR) is 76.6 cm³/mol. The van der Waals surface area contributed by atoms with E-state index < -0.39 is 5.97 Å². The second-order valence-electron chi connectivity index (χ2n) is 5.24. The Hall–Kier alpha value is -1.33. The summed E-state index contributed by atoms with van der Waals surface area (Å²) < 4.78 is 10.0. The Kier molecular flexibility index (Phi) is 5.61. The molecule has 0 radical (unpaired) electrons. The topological polar surface area (TPSA) is 54.7 Å². The molecule has 2 rings (SSSR count). The van der Waals surface area contributed by atoms with E-state index in [1.807, 2.05) is 6.07 Å². The lowest BCUT2D eigenvalue weighted by Gasteiger charge is -2.34. The van der Waals surface area contributed by atoms with E-state index in [9.17, 15) is 4.79 Å². The van der Waals surface area contributed by atoms with Crippen molar-refractivity contribution in [3.8, 4) is 0 Å². The molecule has 0 aromatic carbocycles. The van der Waals surface area contributed by atoms with Gasteiger partial charge < -0.3 is 14.5 Å². The number of rotatable bonds is 6. The minimum absolute atomic E-state index is 0.331. The third-order valence-electron chi connectivity index (χ3n) is 3.79. The molecule has 0 amide bonds. The molecule has 0 bridgehead atoms. The van der Waals surface area contributed by atoms with Gasteiger partial charge in [0.15, 0.2) is 0 Å². The third kappa shape index (κ3) is 3.61. The highest BCUT2D eigenvalue weighted by molar-refractivity contribution is 5.87. The van der Waals surface area contributed by atoms with E-state index in [4.69, 9.17) is 9.15 Å². The lowest BCUT2D eigenvalue weighted by molar-refractivity contribution is 0.0560. The summed E-state index contributed by atoms with van der Waals surface area (Å²) in [5, 5.41) is 3.45. The second kappa shape index (κ2) is 7.45. The Morgan fingerprint density at radius 3 is 3.10 bits per heavy atom. The van der Waals surface area contributed by atoms with Crippen molar-refractivity contribution >= 4 is 5.97 Å². The van der Waals surface area contributed by atoms with Gasteiger partial charge in [0, 0.05) is 24.7 Å². The fourth-order valence-electron chi connectivity index (χ4n) is 2.77. The summed E-state index contributed by atoms with van der Waals surface area (Å²) in [4.78, 5) is 14.1. The maximum Gasteiger partial charge on any atom is 0.374 e. The van der Waals surface area contributed by atoms with Crippen LogP contribution in [-0.2, 0) is 11.3 Å². The van der Waals surface area contributed by atoms with Crippen LogP contribution in [0, 0.1) is 0 Å². The first-order chi connectivity index (χ1) is 9.76. The van der Waals surface area contributed by atoms with Crippen molar-refractivity contribution in [3.63, 3.8) is 0 Å². The van der Waals surface area contributed by atoms with Crippen LogP contribution in [0.5, 0.6) is 0 Å². The van der Waals surface area contributed by atoms with Crippen LogP contribution < -0.4 is 5.32 Å². The Morgan fingerprint density at radius 2 is 2.45 bits per heavy atom. The molecule has 1 N–H and O–H groups in total. The first-order valence-corrected chi connectivity index (χ1v) is 7.35. The fraction of sp³-hybridized carbons (Fsp3) is 0.667. The van der Waals surface area contributed by atoms with Crippen LogP contribution in [0.25, 0.3) is 0 Å². The number of esters is 1. The monoisotopic (exact) mass is 280 g/mol. The van der Waals surface area contributed by atoms with Crippen molar-refractivity contribution in [1.29, 1.82) is 0 Å². The molecule has 1 aliphatic heterocycles. The lowest BCUT2D eigenvalue weighted by atomic mass is 10.0. The fourth-order valence-corrected chi connectivity index (χ4v) is 2.77. The Balaban J connectivity index is 2.07. The molecule has 112 valence electrons. The molecule has 1 atom stereocenters. The van der Waals surface area contributed by atoms with Gasteiger partial charge in [-0.15, -0.1) is 0 Å². The lowest BCUT2D eigenvalue weighted by Crippen LogP contribution is -2.46. The normalized spacial score (nSPS) is 19.2. The molecule has 1 aromatic heterocycles. The Morgan fingerprint density at radius 1 is 1.60 bits per heavy atom. The molecule has 0 spiro atoms. The van der Waals surface area contributed by atoms with Crippen LogP contribution in [0.15, 0.2) is 16.7 Å². The van der Waals surface area contributed by atoms with Crippen LogP contribution in [0.1, 0.15) is 42.3 Å². The SMILES string of the molecule is CCCN(Cc1ccoc1C(=O)OC)C1CCCNC1. The summed E-state index contributed by atoms with van der Waals surface area (Å²) in [5.74, 6) is -0.0689. The number of piperidine rings is 1. The van der Waals surface area contributed by atoms with Gasteiger partial charge in [-0.3, -0.25) is 4.90 Å². The summed E-state index contributed by atoms with van der Waals surface area (Å²) in [6.45, 7) is 6.07. The molecule has 5 nitrogen and oxygen atoms in total. The van der Waals surface area contributed by atoms with Crippen molar-refractivity contribution in [3.05, 3.63) is 23.7 Å². The van der Waals surface area contributed by atoms with Gasteiger partial charge >= 0.3 is 5.97 Å². The summed E-state index contributed by atoms with van der Waals surface area (Å²) in [6.07, 6.45) is 5.07. The number of furan rings is 1. The summed E-state index contributed by atoms with van der Waals surface area (Å²) >= 11 is 0. The molecule has 1 aromatic rings. The summed E-state index contributed by atoms with van der Waals surface area (Å²) in [6, 6.07) is 2.40. The second-order valence-corrected chi connectivity index (χ2v) is 5.24. The molecule has 20 heavy (non-hydrogen) atoms. The largest absolute Gasteiger partial charge is 0.463 e. The molecule has 1 aliphatic rings. The van der Waals surface area contributed by atoms with Gasteiger partial charge in [0.25, 0.3) is 0 Å². The zero-order valence-electron chi connectivity index (χ0n) is 12.4. The molecule has 1 saturated heterocycles. The smallest absolute Gasteiger partial charge is 0.374 e. The number of carbonyl (C=O) groups excluding carboxylic acids is 1. The van der Waals surface area contributed by atoms with Crippen LogP contribution in [0.2, 0.25) is 0 Å². The molecular weight excluding hydrogens is 256 g/mol. The highest BCUT2D eigenvalue weighted by Crippen LogP contribution is 2.19. The number of nitrogens with zero attached hydrogens (tertiary/aromatic N) is 1. The van der Waals surface area contributed by atoms with Gasteiger partial charge in [-0.2, -0.15) is 0 Å². The van der Waals surface area contributed by atoms with Gasteiger partial charge in [-0.25, -0.2) is 4.79 Å². The number of hydrogen-bond donors (Lipinski definition) is 1. The number of hydrogen-bond acceptors (Lipinski definition) is 5. The first-order valence-electron chi connectivity index (χ1n) is 7.35. The van der Waals surface area contributed by atoms with E-state index in [0.29, 0.717) is 11.8 Å². The van der Waals surface area contributed by atoms with Gasteiger partial charge in [0.2, 0.25) is 5.76 Å². The number of methoxy groups -OCH3 is 1. The van der Waals surface area contributed by atoms with E-state index in [0.717, 1.165) is 38.2 Å². The minimum Gasteiger partial charge on any atom is -0.463 e. The zero-order valence-corrected chi connectivity index (χ0v) is 12.4. The molecule has 5 heteroatoms. The van der Waals surface area contributed by atoms with Gasteiger partial charge in [0.05, 0.1) is 13.4 Å². The quantitative estimate of drug-likeness (QED) is 0.808. The van der Waals surface area contributed by atoms with E-state index >= 15 is 0 Å². The van der Waals surface area contributed by atoms with Crippen LogP contribution in [0.4, 0.5) is 0 Å². The Labute approximate surface area is 120 Å². The predicted octanol–water partition coefficient (Wildman–Crippen LogP) is 2.03. The standard InChI is InChI=1S/C15H24N2O3/c1-3-8-17(13-5-4-7-16-10-13)11-12-6-9-20-14(12)15(18)19-2/h6,9,13,16H,3-5,7-8,10-11H2,1-2H3. The molecule has 1 unspecified atom stereocenters. The summed E-state index contributed by atoms with van der Waals surface area (Å²) in [7, 11) is 1.38. The van der Waals surface area contributed by atoms with Gasteiger partial charge in [0.1, 0.15) is 0 Å². The number of nitrogens with one attached hydrogen (secondary N) is 1. The molecule has 2 heterocycles. The van der Waals surface area contributed by atoms with E-state index in [1.54, 1.807) is 6.26 Å². The third-order valence-corrected chi connectivity index (χ3v) is 3.79. The highest BCUT2D eigenvalue weighted by Gasteiger charge is 2.23. The van der Waals surface area contributed by atoms with Crippen molar-refractivity contribution in [2.24, 2.45) is 0 Å². The van der Waals surface area contributed by atoms with E-state index in [-0.39, 0.29) is 0 Å². The van der Waals surface area contributed by atoms with Crippen molar-refractivity contribution in [1.82, 2.24) is 10.2 Å². The molecule has 0 aliphatic carbocycles. The maximum absolute atomic E-state index is 11.7. The highest BCUT2D eigenvalue weighted by atomic mass is 16.5. The van der Waals surface area contributed by atoms with Crippen LogP contribution >= 0.6 is 0 Å². The molecule has 1 fully saturated rings. The maximum atomic E-state index is 11.7. The first kappa shape index (κ1) is 15.1. The van der Waals surface area contributed by atoms with E-state index in [1.165, 1.54) is 20.0 Å². The zero-order chi connectivity index (χ0) is 14.4. The van der Waals surface area contributed by atoms with Crippen molar-refractivity contribution in [2.75, 3.05) is 26.7 Å². The number of ether oxygens (including phenoxy) is 1. The van der Waals surface area contributed by atoms with Gasteiger partial charge in [-0.1, -0.05) is 6.92 Å². The van der Waals surface area contributed by atoms with Crippen molar-refractivity contribution < 1.29 is 13.9 Å². The molecule has 0 saturated carbocycles. The van der Waals surface area contributed by atoms with Crippen LogP contribution in [0.3, 0.4) is 0 Å². The van der Waals surface area contributed by atoms with Crippen LogP contribution in [-0.4, -0.2) is 43.7 Å². The van der Waals surface area contributed by atoms with Crippen molar-refractivity contribution in [2.45, 2.75) is 38.8 Å². The molecular formula is C15H24N2O3. The summed E-state index contributed by atoms with van der Waals surface area (Å²) in [5.41, 5.74) is 0.913. The Bertz CT molecular complexity index is 425. The average molecular weight is 280 g/mol. The number of carbonyl (C=O) groups is 1.